The second-order valence-corrected chi connectivity index (χ2v) is 10.3. The first-order chi connectivity index (χ1) is 16.2. The molecule has 0 saturated carbocycles. The predicted octanol–water partition coefficient (Wildman–Crippen LogP) is 7.61. The van der Waals surface area contributed by atoms with Crippen molar-refractivity contribution in [3.05, 3.63) is 76.3 Å². The summed E-state index contributed by atoms with van der Waals surface area (Å²) in [6.07, 6.45) is 2.60. The van der Waals surface area contributed by atoms with Gasteiger partial charge in [0.2, 0.25) is 0 Å². The van der Waals surface area contributed by atoms with Crippen molar-refractivity contribution in [1.29, 1.82) is 0 Å². The van der Waals surface area contributed by atoms with E-state index >= 15 is 0 Å². The van der Waals surface area contributed by atoms with Crippen molar-refractivity contribution in [2.24, 2.45) is 11.8 Å². The highest BCUT2D eigenvalue weighted by atomic mass is 35.5. The number of hydrogen-bond donors (Lipinski definition) is 1. The van der Waals surface area contributed by atoms with E-state index in [0.29, 0.717) is 12.5 Å². The Morgan fingerprint density at radius 1 is 1.24 bits per heavy atom. The Bertz CT molecular complexity index is 982. The molecule has 1 heterocycles. The first kappa shape index (κ1) is 26.3. The zero-order valence-corrected chi connectivity index (χ0v) is 21.5. The van der Waals surface area contributed by atoms with Crippen molar-refractivity contribution < 1.29 is 19.4 Å². The molecule has 4 nitrogen and oxygen atoms in total. The van der Waals surface area contributed by atoms with Gasteiger partial charge in [0.05, 0.1) is 25.2 Å². The molecule has 184 valence electrons. The third kappa shape index (κ3) is 6.64. The molecule has 0 aromatic heterocycles. The summed E-state index contributed by atoms with van der Waals surface area (Å²) in [5, 5.41) is 10.1. The molecule has 2 aromatic carbocycles. The Hall–Kier alpha value is -2.30. The summed E-state index contributed by atoms with van der Waals surface area (Å²) in [6.45, 7) is 13.3. The lowest BCUT2D eigenvalue weighted by Gasteiger charge is -2.43. The zero-order chi connectivity index (χ0) is 24.8. The third-order valence-electron chi connectivity index (χ3n) is 6.46. The van der Waals surface area contributed by atoms with Gasteiger partial charge in [-0.25, -0.2) is 0 Å². The molecule has 0 amide bonds. The van der Waals surface area contributed by atoms with Crippen LogP contribution in [0.3, 0.4) is 0 Å². The number of carbonyl (C=O) groups is 1. The van der Waals surface area contributed by atoms with Crippen molar-refractivity contribution >= 4 is 17.6 Å². The van der Waals surface area contributed by atoms with E-state index in [1.165, 1.54) is 5.56 Å². The zero-order valence-electron chi connectivity index (χ0n) is 20.7. The Kier molecular flexibility index (Phi) is 9.21. The van der Waals surface area contributed by atoms with Crippen LogP contribution in [0.2, 0.25) is 5.02 Å². The predicted molar refractivity (Wildman–Crippen MR) is 138 cm³/mol. The summed E-state index contributed by atoms with van der Waals surface area (Å²) in [6, 6.07) is 13.8. The van der Waals surface area contributed by atoms with Crippen molar-refractivity contribution in [1.82, 2.24) is 0 Å². The molecule has 34 heavy (non-hydrogen) atoms. The van der Waals surface area contributed by atoms with Crippen LogP contribution in [-0.4, -0.2) is 23.8 Å². The molecule has 1 aliphatic heterocycles. The van der Waals surface area contributed by atoms with E-state index in [0.717, 1.165) is 46.7 Å². The van der Waals surface area contributed by atoms with Gasteiger partial charge in [-0.1, -0.05) is 69.1 Å². The largest absolute Gasteiger partial charge is 0.493 e. The first-order valence-electron chi connectivity index (χ1n) is 12.2. The molecule has 0 spiro atoms. The van der Waals surface area contributed by atoms with E-state index in [2.05, 4.69) is 46.4 Å². The lowest BCUT2D eigenvalue weighted by molar-refractivity contribution is -0.136. The highest BCUT2D eigenvalue weighted by molar-refractivity contribution is 6.30. The van der Waals surface area contributed by atoms with Crippen LogP contribution in [0.5, 0.6) is 5.75 Å². The molecule has 5 heteroatoms. The van der Waals surface area contributed by atoms with Crippen molar-refractivity contribution in [3.63, 3.8) is 0 Å². The molecule has 3 rings (SSSR count). The maximum Gasteiger partial charge on any atom is 0.307 e. The third-order valence-corrected chi connectivity index (χ3v) is 6.71. The normalized spacial score (nSPS) is 22.5. The van der Waals surface area contributed by atoms with Gasteiger partial charge in [-0.2, -0.15) is 0 Å². The number of carboxylic acid groups (broad SMARTS) is 1. The monoisotopic (exact) mass is 484 g/mol. The topological polar surface area (TPSA) is 55.8 Å². The van der Waals surface area contributed by atoms with Crippen molar-refractivity contribution in [3.8, 4) is 5.75 Å². The highest BCUT2D eigenvalue weighted by Gasteiger charge is 2.40. The number of rotatable bonds is 10. The Morgan fingerprint density at radius 3 is 2.53 bits per heavy atom. The fourth-order valence-corrected chi connectivity index (χ4v) is 4.91. The molecule has 4 atom stereocenters. The minimum absolute atomic E-state index is 0.0340. The van der Waals surface area contributed by atoms with Crippen LogP contribution in [0.25, 0.3) is 0 Å². The van der Waals surface area contributed by atoms with Gasteiger partial charge >= 0.3 is 5.97 Å². The number of carboxylic acids is 1. The van der Waals surface area contributed by atoms with Crippen LogP contribution in [0, 0.1) is 11.8 Å². The van der Waals surface area contributed by atoms with Gasteiger partial charge in [-0.05, 0) is 61.1 Å². The molecule has 0 bridgehead atoms. The Labute approximate surface area is 208 Å². The maximum atomic E-state index is 11.4. The molecular weight excluding hydrogens is 448 g/mol. The molecule has 0 unspecified atom stereocenters. The molecular formula is C29H37ClO4. The fourth-order valence-electron chi connectivity index (χ4n) is 4.78. The summed E-state index contributed by atoms with van der Waals surface area (Å²) in [5.41, 5.74) is 3.94. The lowest BCUT2D eigenvalue weighted by Crippen LogP contribution is -2.36. The number of halogens is 1. The van der Waals surface area contributed by atoms with Crippen LogP contribution < -0.4 is 4.74 Å². The summed E-state index contributed by atoms with van der Waals surface area (Å²) in [5.74, 6) is 0.597. The number of aliphatic carboxylic acids is 1. The van der Waals surface area contributed by atoms with Crippen molar-refractivity contribution in [2.75, 3.05) is 6.61 Å². The van der Waals surface area contributed by atoms with E-state index in [1.54, 1.807) is 0 Å². The molecule has 1 N–H and O–H groups in total. The van der Waals surface area contributed by atoms with Gasteiger partial charge in [0.1, 0.15) is 5.75 Å². The quantitative estimate of drug-likeness (QED) is 0.352. The van der Waals surface area contributed by atoms with E-state index in [4.69, 9.17) is 21.1 Å². The summed E-state index contributed by atoms with van der Waals surface area (Å²) < 4.78 is 13.1. The SMILES string of the molecule is C=C(C)[C@H]1C[C@@H](c2ccc(Cl)cc2)[C@H](CCC)O[C@@H]1c1cc(CC(=O)O)ccc1OCC(C)C. The highest BCUT2D eigenvalue weighted by Crippen LogP contribution is 2.49. The molecule has 2 aromatic rings. The van der Waals surface area contributed by atoms with E-state index in [-0.39, 0.29) is 30.5 Å². The number of hydrogen-bond acceptors (Lipinski definition) is 3. The van der Waals surface area contributed by atoms with Crippen LogP contribution in [0.15, 0.2) is 54.6 Å². The lowest BCUT2D eigenvalue weighted by atomic mass is 9.74. The second kappa shape index (κ2) is 11.9. The summed E-state index contributed by atoms with van der Waals surface area (Å²) >= 11 is 6.15. The second-order valence-electron chi connectivity index (χ2n) is 9.88. The molecule has 1 fully saturated rings. The standard InChI is InChI=1S/C29H37ClO4/c1-6-7-27-24(21-9-11-22(30)12-10-21)16-23(19(4)5)29(34-27)25-14-20(15-28(31)32)8-13-26(25)33-17-18(2)3/h8-14,18,23-24,27,29H,4,6-7,15-17H2,1-3,5H3,(H,31,32)/t23-,24+,27+,29+/m1/s1. The van der Waals surface area contributed by atoms with E-state index < -0.39 is 5.97 Å². The maximum absolute atomic E-state index is 11.4. The van der Waals surface area contributed by atoms with Gasteiger partial charge in [0.25, 0.3) is 0 Å². The van der Waals surface area contributed by atoms with Gasteiger partial charge in [-0.3, -0.25) is 4.79 Å². The van der Waals surface area contributed by atoms with E-state index in [9.17, 15) is 9.90 Å². The van der Waals surface area contributed by atoms with Gasteiger partial charge in [0.15, 0.2) is 0 Å². The smallest absolute Gasteiger partial charge is 0.307 e. The molecule has 0 aliphatic carbocycles. The van der Waals surface area contributed by atoms with Gasteiger partial charge < -0.3 is 14.6 Å². The summed E-state index contributed by atoms with van der Waals surface area (Å²) in [7, 11) is 0. The van der Waals surface area contributed by atoms with Crippen LogP contribution >= 0.6 is 11.6 Å². The molecule has 0 radical (unpaired) electrons. The van der Waals surface area contributed by atoms with Crippen molar-refractivity contribution in [2.45, 2.75) is 71.5 Å². The van der Waals surface area contributed by atoms with Crippen LogP contribution in [-0.2, 0) is 16.0 Å². The average Bonchev–Trinajstić information content (AvgIpc) is 2.78. The fraction of sp³-hybridized carbons (Fsp3) is 0.483. The average molecular weight is 485 g/mol. The molecule has 1 saturated heterocycles. The minimum Gasteiger partial charge on any atom is -0.493 e. The van der Waals surface area contributed by atoms with Crippen LogP contribution in [0.4, 0.5) is 0 Å². The number of ether oxygens (including phenoxy) is 2. The van der Waals surface area contributed by atoms with E-state index in [1.807, 2.05) is 30.3 Å². The Balaban J connectivity index is 2.02. The summed E-state index contributed by atoms with van der Waals surface area (Å²) in [4.78, 5) is 11.4. The Morgan fingerprint density at radius 2 is 1.94 bits per heavy atom. The molecule has 1 aliphatic rings. The van der Waals surface area contributed by atoms with Gasteiger partial charge in [0, 0.05) is 22.4 Å². The number of benzene rings is 2. The minimum atomic E-state index is -0.852. The van der Waals surface area contributed by atoms with Gasteiger partial charge in [-0.15, -0.1) is 0 Å². The van der Waals surface area contributed by atoms with Crippen LogP contribution in [0.1, 0.15) is 75.7 Å². The first-order valence-corrected chi connectivity index (χ1v) is 12.6.